The molecule has 3 aromatic carbocycles. The van der Waals surface area contributed by atoms with Gasteiger partial charge in [0.1, 0.15) is 5.75 Å². The summed E-state index contributed by atoms with van der Waals surface area (Å²) in [5.74, 6) is 0.574. The Hall–Kier alpha value is -2.81. The number of amides is 1. The standard InChI is InChI=1S/C19H17NO2/c1-22-17-10-5-8-15(12-17)19(21)20-13-16-9-4-7-14-6-2-3-11-18(14)16/h2-12H,13H2,1H3,(H,20,21). The molecule has 0 radical (unpaired) electrons. The van der Waals surface area contributed by atoms with Gasteiger partial charge in [-0.2, -0.15) is 0 Å². The van der Waals surface area contributed by atoms with Gasteiger partial charge in [-0.05, 0) is 34.5 Å². The van der Waals surface area contributed by atoms with E-state index in [2.05, 4.69) is 23.5 Å². The van der Waals surface area contributed by atoms with Gasteiger partial charge in [-0.25, -0.2) is 0 Å². The lowest BCUT2D eigenvalue weighted by Crippen LogP contribution is -2.22. The molecule has 0 saturated heterocycles. The molecule has 0 fully saturated rings. The van der Waals surface area contributed by atoms with Gasteiger partial charge in [0, 0.05) is 12.1 Å². The van der Waals surface area contributed by atoms with Crippen molar-refractivity contribution in [3.05, 3.63) is 77.9 Å². The van der Waals surface area contributed by atoms with Gasteiger partial charge in [0.15, 0.2) is 0 Å². The number of carbonyl (C=O) groups is 1. The summed E-state index contributed by atoms with van der Waals surface area (Å²) < 4.78 is 5.15. The fourth-order valence-electron chi connectivity index (χ4n) is 2.49. The zero-order chi connectivity index (χ0) is 15.4. The van der Waals surface area contributed by atoms with E-state index in [4.69, 9.17) is 4.74 Å². The molecule has 0 atom stereocenters. The Balaban J connectivity index is 1.77. The third-order valence-electron chi connectivity index (χ3n) is 3.65. The average molecular weight is 291 g/mol. The van der Waals surface area contributed by atoms with Crippen LogP contribution >= 0.6 is 0 Å². The first-order valence-electron chi connectivity index (χ1n) is 7.17. The van der Waals surface area contributed by atoms with Crippen molar-refractivity contribution in [3.63, 3.8) is 0 Å². The van der Waals surface area contributed by atoms with Crippen LogP contribution in [0.15, 0.2) is 66.7 Å². The van der Waals surface area contributed by atoms with Crippen molar-refractivity contribution in [3.8, 4) is 5.75 Å². The summed E-state index contributed by atoms with van der Waals surface area (Å²) in [7, 11) is 1.59. The topological polar surface area (TPSA) is 38.3 Å². The predicted molar refractivity (Wildman–Crippen MR) is 88.1 cm³/mol. The molecular formula is C19H17NO2. The number of nitrogens with one attached hydrogen (secondary N) is 1. The van der Waals surface area contributed by atoms with Crippen molar-refractivity contribution in [2.45, 2.75) is 6.54 Å². The smallest absolute Gasteiger partial charge is 0.251 e. The second kappa shape index (κ2) is 6.31. The molecule has 3 aromatic rings. The number of fused-ring (bicyclic) bond motifs is 1. The van der Waals surface area contributed by atoms with Crippen LogP contribution in [0.3, 0.4) is 0 Å². The Kier molecular flexibility index (Phi) is 4.05. The van der Waals surface area contributed by atoms with Crippen molar-refractivity contribution in [1.82, 2.24) is 5.32 Å². The maximum absolute atomic E-state index is 12.3. The number of hydrogen-bond acceptors (Lipinski definition) is 2. The number of carbonyl (C=O) groups excluding carboxylic acids is 1. The third-order valence-corrected chi connectivity index (χ3v) is 3.65. The van der Waals surface area contributed by atoms with E-state index in [1.165, 1.54) is 5.39 Å². The van der Waals surface area contributed by atoms with Crippen LogP contribution in [0.25, 0.3) is 10.8 Å². The zero-order valence-electron chi connectivity index (χ0n) is 12.4. The Morgan fingerprint density at radius 3 is 2.64 bits per heavy atom. The van der Waals surface area contributed by atoms with Gasteiger partial charge in [-0.1, -0.05) is 48.5 Å². The molecule has 1 amide bonds. The minimum Gasteiger partial charge on any atom is -0.497 e. The summed E-state index contributed by atoms with van der Waals surface area (Å²) in [4.78, 5) is 12.3. The summed E-state index contributed by atoms with van der Waals surface area (Å²) in [6.45, 7) is 0.497. The largest absolute Gasteiger partial charge is 0.497 e. The highest BCUT2D eigenvalue weighted by molar-refractivity contribution is 5.95. The van der Waals surface area contributed by atoms with E-state index in [-0.39, 0.29) is 5.91 Å². The van der Waals surface area contributed by atoms with E-state index in [1.54, 1.807) is 19.2 Å². The molecule has 1 N–H and O–H groups in total. The Bertz CT molecular complexity index is 806. The summed E-state index contributed by atoms with van der Waals surface area (Å²) in [6.07, 6.45) is 0. The van der Waals surface area contributed by atoms with E-state index < -0.39 is 0 Å². The Morgan fingerprint density at radius 1 is 1.00 bits per heavy atom. The molecule has 0 aromatic heterocycles. The number of ether oxygens (including phenoxy) is 1. The SMILES string of the molecule is COc1cccc(C(=O)NCc2cccc3ccccc23)c1. The molecule has 3 heteroatoms. The van der Waals surface area contributed by atoms with Crippen LogP contribution in [0, 0.1) is 0 Å². The average Bonchev–Trinajstić information content (AvgIpc) is 2.59. The lowest BCUT2D eigenvalue weighted by atomic mass is 10.0. The Morgan fingerprint density at radius 2 is 1.77 bits per heavy atom. The summed E-state index contributed by atoms with van der Waals surface area (Å²) in [5.41, 5.74) is 1.70. The molecule has 0 aliphatic carbocycles. The highest BCUT2D eigenvalue weighted by Gasteiger charge is 2.07. The van der Waals surface area contributed by atoms with E-state index >= 15 is 0 Å². The third kappa shape index (κ3) is 2.93. The van der Waals surface area contributed by atoms with Gasteiger partial charge in [0.05, 0.1) is 7.11 Å². The zero-order valence-corrected chi connectivity index (χ0v) is 12.4. The van der Waals surface area contributed by atoms with Crippen LogP contribution in [-0.2, 0) is 6.54 Å². The summed E-state index contributed by atoms with van der Waals surface area (Å²) in [5, 5.41) is 5.30. The molecule has 0 aliphatic heterocycles. The van der Waals surface area contributed by atoms with E-state index in [0.29, 0.717) is 17.9 Å². The van der Waals surface area contributed by atoms with Gasteiger partial charge < -0.3 is 10.1 Å². The molecule has 0 heterocycles. The maximum Gasteiger partial charge on any atom is 0.251 e. The van der Waals surface area contributed by atoms with Crippen LogP contribution in [0.4, 0.5) is 0 Å². The van der Waals surface area contributed by atoms with Gasteiger partial charge >= 0.3 is 0 Å². The molecule has 22 heavy (non-hydrogen) atoms. The molecule has 0 unspecified atom stereocenters. The van der Waals surface area contributed by atoms with Crippen molar-refractivity contribution >= 4 is 16.7 Å². The van der Waals surface area contributed by atoms with E-state index in [1.807, 2.05) is 36.4 Å². The van der Waals surface area contributed by atoms with Crippen LogP contribution in [0.5, 0.6) is 5.75 Å². The summed E-state index contributed by atoms with van der Waals surface area (Å²) in [6, 6.07) is 21.4. The highest BCUT2D eigenvalue weighted by atomic mass is 16.5. The van der Waals surface area contributed by atoms with Crippen LogP contribution in [-0.4, -0.2) is 13.0 Å². The number of methoxy groups -OCH3 is 1. The first kappa shape index (κ1) is 14.1. The molecule has 110 valence electrons. The van der Waals surface area contributed by atoms with Crippen LogP contribution in [0.2, 0.25) is 0 Å². The molecule has 3 nitrogen and oxygen atoms in total. The molecule has 0 bridgehead atoms. The Labute approximate surface area is 129 Å². The number of benzene rings is 3. The van der Waals surface area contributed by atoms with Crippen LogP contribution < -0.4 is 10.1 Å². The molecule has 0 saturated carbocycles. The van der Waals surface area contributed by atoms with Gasteiger partial charge in [0.2, 0.25) is 0 Å². The first-order valence-corrected chi connectivity index (χ1v) is 7.17. The minimum absolute atomic E-state index is 0.105. The van der Waals surface area contributed by atoms with Gasteiger partial charge in [0.25, 0.3) is 5.91 Å². The van der Waals surface area contributed by atoms with E-state index in [0.717, 1.165) is 10.9 Å². The quantitative estimate of drug-likeness (QED) is 0.794. The number of hydrogen-bond donors (Lipinski definition) is 1. The van der Waals surface area contributed by atoms with Crippen LogP contribution in [0.1, 0.15) is 15.9 Å². The fourth-order valence-corrected chi connectivity index (χ4v) is 2.49. The molecule has 3 rings (SSSR count). The van der Waals surface area contributed by atoms with Crippen molar-refractivity contribution < 1.29 is 9.53 Å². The first-order chi connectivity index (χ1) is 10.8. The molecular weight excluding hydrogens is 274 g/mol. The maximum atomic E-state index is 12.3. The minimum atomic E-state index is -0.105. The van der Waals surface area contributed by atoms with E-state index in [9.17, 15) is 4.79 Å². The predicted octanol–water partition coefficient (Wildman–Crippen LogP) is 3.78. The lowest BCUT2D eigenvalue weighted by molar-refractivity contribution is 0.0950. The normalized spacial score (nSPS) is 10.4. The monoisotopic (exact) mass is 291 g/mol. The number of rotatable bonds is 4. The second-order valence-electron chi connectivity index (χ2n) is 5.05. The van der Waals surface area contributed by atoms with Gasteiger partial charge in [-0.15, -0.1) is 0 Å². The highest BCUT2D eigenvalue weighted by Crippen LogP contribution is 2.18. The molecule has 0 spiro atoms. The lowest BCUT2D eigenvalue weighted by Gasteiger charge is -2.09. The second-order valence-corrected chi connectivity index (χ2v) is 5.05. The summed E-state index contributed by atoms with van der Waals surface area (Å²) >= 11 is 0. The fraction of sp³-hybridized carbons (Fsp3) is 0.105. The van der Waals surface area contributed by atoms with Crippen molar-refractivity contribution in [1.29, 1.82) is 0 Å². The van der Waals surface area contributed by atoms with Crippen molar-refractivity contribution in [2.24, 2.45) is 0 Å². The van der Waals surface area contributed by atoms with Crippen molar-refractivity contribution in [2.75, 3.05) is 7.11 Å². The molecule has 0 aliphatic rings. The van der Waals surface area contributed by atoms with Gasteiger partial charge in [-0.3, -0.25) is 4.79 Å².